The van der Waals surface area contributed by atoms with Gasteiger partial charge in [-0.15, -0.1) is 0 Å². The van der Waals surface area contributed by atoms with Crippen molar-refractivity contribution >= 4 is 15.9 Å². The Morgan fingerprint density at radius 3 is 2.65 bits per heavy atom. The molecule has 0 bridgehead atoms. The minimum absolute atomic E-state index is 0.286. The molecule has 2 fully saturated rings. The second-order valence-corrected chi connectivity index (χ2v) is 5.99. The third kappa shape index (κ3) is 2.90. The molecule has 2 aliphatic rings. The second kappa shape index (κ2) is 5.09. The zero-order valence-corrected chi connectivity index (χ0v) is 11.4. The minimum atomic E-state index is 0.286. The monoisotopic (exact) mass is 295 g/mol. The van der Waals surface area contributed by atoms with Gasteiger partial charge < -0.3 is 10.1 Å². The zero-order valence-electron chi connectivity index (χ0n) is 9.86. The summed E-state index contributed by atoms with van der Waals surface area (Å²) in [6.45, 7) is 2.00. The predicted molar refractivity (Wildman–Crippen MR) is 72.0 cm³/mol. The van der Waals surface area contributed by atoms with Gasteiger partial charge in [0.2, 0.25) is 0 Å². The van der Waals surface area contributed by atoms with Crippen LogP contribution in [0.3, 0.4) is 0 Å². The Balaban J connectivity index is 1.65. The van der Waals surface area contributed by atoms with Crippen LogP contribution >= 0.6 is 15.9 Å². The predicted octanol–water partition coefficient (Wildman–Crippen LogP) is 3.28. The standard InChI is InChI=1S/C14H18BrNO/c15-12-3-1-10(2-4-12)14-11(7-8-17-14)9-16-13-5-6-13/h1-4,11,13-14,16H,5-9H2. The Labute approximate surface area is 111 Å². The summed E-state index contributed by atoms with van der Waals surface area (Å²) < 4.78 is 7.02. The van der Waals surface area contributed by atoms with Crippen LogP contribution in [-0.2, 0) is 4.74 Å². The molecule has 0 amide bonds. The van der Waals surface area contributed by atoms with Gasteiger partial charge in [0.25, 0.3) is 0 Å². The SMILES string of the molecule is Brc1ccc(C2OCCC2CNC2CC2)cc1. The summed E-state index contributed by atoms with van der Waals surface area (Å²) in [5, 5.41) is 3.62. The van der Waals surface area contributed by atoms with Gasteiger partial charge in [-0.3, -0.25) is 0 Å². The molecule has 3 heteroatoms. The van der Waals surface area contributed by atoms with Gasteiger partial charge in [0, 0.05) is 29.6 Å². The van der Waals surface area contributed by atoms with Gasteiger partial charge in [-0.2, -0.15) is 0 Å². The molecule has 2 atom stereocenters. The Morgan fingerprint density at radius 2 is 1.94 bits per heavy atom. The number of rotatable bonds is 4. The molecule has 3 rings (SSSR count). The summed E-state index contributed by atoms with van der Waals surface area (Å²) in [4.78, 5) is 0. The largest absolute Gasteiger partial charge is 0.373 e. The first-order valence-electron chi connectivity index (χ1n) is 6.43. The number of ether oxygens (including phenoxy) is 1. The van der Waals surface area contributed by atoms with E-state index in [4.69, 9.17) is 4.74 Å². The van der Waals surface area contributed by atoms with E-state index in [1.807, 2.05) is 0 Å². The van der Waals surface area contributed by atoms with Crippen molar-refractivity contribution in [3.05, 3.63) is 34.3 Å². The summed E-state index contributed by atoms with van der Waals surface area (Å²) in [6.07, 6.45) is 4.18. The maximum Gasteiger partial charge on any atom is 0.0866 e. The van der Waals surface area contributed by atoms with Gasteiger partial charge >= 0.3 is 0 Å². The van der Waals surface area contributed by atoms with Crippen LogP contribution in [-0.4, -0.2) is 19.2 Å². The van der Waals surface area contributed by atoms with E-state index in [1.165, 1.54) is 24.8 Å². The van der Waals surface area contributed by atoms with Gasteiger partial charge in [-0.1, -0.05) is 28.1 Å². The average Bonchev–Trinajstić information content (AvgIpc) is 3.06. The van der Waals surface area contributed by atoms with E-state index in [0.717, 1.165) is 23.7 Å². The van der Waals surface area contributed by atoms with Crippen LogP contribution in [0.1, 0.15) is 30.9 Å². The highest BCUT2D eigenvalue weighted by atomic mass is 79.9. The smallest absolute Gasteiger partial charge is 0.0866 e. The molecule has 0 radical (unpaired) electrons. The van der Waals surface area contributed by atoms with Gasteiger partial charge in [-0.05, 0) is 37.0 Å². The lowest BCUT2D eigenvalue weighted by atomic mass is 9.95. The van der Waals surface area contributed by atoms with E-state index in [0.29, 0.717) is 5.92 Å². The molecular formula is C14H18BrNO. The first-order valence-corrected chi connectivity index (χ1v) is 7.22. The average molecular weight is 296 g/mol. The molecule has 1 saturated heterocycles. The summed E-state index contributed by atoms with van der Waals surface area (Å²) in [5.74, 6) is 0.636. The highest BCUT2D eigenvalue weighted by Crippen LogP contribution is 2.35. The summed E-state index contributed by atoms with van der Waals surface area (Å²) in [6, 6.07) is 9.33. The highest BCUT2D eigenvalue weighted by molar-refractivity contribution is 9.10. The molecule has 1 aliphatic heterocycles. The van der Waals surface area contributed by atoms with E-state index in [2.05, 4.69) is 45.5 Å². The molecule has 0 spiro atoms. The van der Waals surface area contributed by atoms with E-state index < -0.39 is 0 Å². The molecule has 92 valence electrons. The van der Waals surface area contributed by atoms with Crippen molar-refractivity contribution in [2.24, 2.45) is 5.92 Å². The fourth-order valence-electron chi connectivity index (χ4n) is 2.47. The molecule has 1 aliphatic carbocycles. The number of hydrogen-bond donors (Lipinski definition) is 1. The van der Waals surface area contributed by atoms with Gasteiger partial charge in [0.05, 0.1) is 6.10 Å². The van der Waals surface area contributed by atoms with Crippen LogP contribution in [0.15, 0.2) is 28.7 Å². The fraction of sp³-hybridized carbons (Fsp3) is 0.571. The molecule has 2 nitrogen and oxygen atoms in total. The van der Waals surface area contributed by atoms with Crippen LogP contribution in [0.2, 0.25) is 0 Å². The molecule has 1 aromatic carbocycles. The third-order valence-electron chi connectivity index (χ3n) is 3.66. The quantitative estimate of drug-likeness (QED) is 0.920. The van der Waals surface area contributed by atoms with Gasteiger partial charge in [0.1, 0.15) is 0 Å². The lowest BCUT2D eigenvalue weighted by Crippen LogP contribution is -2.26. The maximum atomic E-state index is 5.89. The summed E-state index contributed by atoms with van der Waals surface area (Å²) >= 11 is 3.47. The third-order valence-corrected chi connectivity index (χ3v) is 4.19. The van der Waals surface area contributed by atoms with Crippen LogP contribution in [0.5, 0.6) is 0 Å². The van der Waals surface area contributed by atoms with Crippen molar-refractivity contribution < 1.29 is 4.74 Å². The zero-order chi connectivity index (χ0) is 11.7. The van der Waals surface area contributed by atoms with Crippen LogP contribution in [0.4, 0.5) is 0 Å². The topological polar surface area (TPSA) is 21.3 Å². The molecular weight excluding hydrogens is 278 g/mol. The Hall–Kier alpha value is -0.380. The minimum Gasteiger partial charge on any atom is -0.373 e. The van der Waals surface area contributed by atoms with E-state index in [1.54, 1.807) is 0 Å². The van der Waals surface area contributed by atoms with Crippen LogP contribution in [0.25, 0.3) is 0 Å². The normalized spacial score (nSPS) is 28.5. The Bertz CT molecular complexity index is 374. The van der Waals surface area contributed by atoms with Crippen molar-refractivity contribution in [2.75, 3.05) is 13.2 Å². The Morgan fingerprint density at radius 1 is 1.18 bits per heavy atom. The van der Waals surface area contributed by atoms with E-state index in [-0.39, 0.29) is 6.10 Å². The molecule has 17 heavy (non-hydrogen) atoms. The Kier molecular flexibility index (Phi) is 3.50. The number of halogens is 1. The number of nitrogens with one attached hydrogen (secondary N) is 1. The number of hydrogen-bond acceptors (Lipinski definition) is 2. The van der Waals surface area contributed by atoms with Crippen molar-refractivity contribution in [1.29, 1.82) is 0 Å². The molecule has 1 aromatic rings. The first-order chi connectivity index (χ1) is 8.33. The van der Waals surface area contributed by atoms with Crippen LogP contribution in [0, 0.1) is 5.92 Å². The van der Waals surface area contributed by atoms with Crippen LogP contribution < -0.4 is 5.32 Å². The lowest BCUT2D eigenvalue weighted by molar-refractivity contribution is 0.0904. The van der Waals surface area contributed by atoms with Crippen molar-refractivity contribution in [1.82, 2.24) is 5.32 Å². The summed E-state index contributed by atoms with van der Waals surface area (Å²) in [5.41, 5.74) is 1.31. The van der Waals surface area contributed by atoms with Gasteiger partial charge in [0.15, 0.2) is 0 Å². The molecule has 1 saturated carbocycles. The first kappa shape index (κ1) is 11.7. The molecule has 1 N–H and O–H groups in total. The fourth-order valence-corrected chi connectivity index (χ4v) is 2.73. The van der Waals surface area contributed by atoms with Gasteiger partial charge in [-0.25, -0.2) is 0 Å². The summed E-state index contributed by atoms with van der Waals surface area (Å²) in [7, 11) is 0. The van der Waals surface area contributed by atoms with E-state index in [9.17, 15) is 0 Å². The van der Waals surface area contributed by atoms with Crippen molar-refractivity contribution in [3.63, 3.8) is 0 Å². The molecule has 2 unspecified atom stereocenters. The van der Waals surface area contributed by atoms with Crippen molar-refractivity contribution in [3.8, 4) is 0 Å². The highest BCUT2D eigenvalue weighted by Gasteiger charge is 2.31. The molecule has 1 heterocycles. The van der Waals surface area contributed by atoms with Crippen molar-refractivity contribution in [2.45, 2.75) is 31.4 Å². The second-order valence-electron chi connectivity index (χ2n) is 5.07. The number of benzene rings is 1. The molecule has 0 aromatic heterocycles. The lowest BCUT2D eigenvalue weighted by Gasteiger charge is -2.19. The maximum absolute atomic E-state index is 5.89. The van der Waals surface area contributed by atoms with E-state index >= 15 is 0 Å².